The van der Waals surface area contributed by atoms with E-state index in [1.54, 1.807) is 26.0 Å². The van der Waals surface area contributed by atoms with Crippen molar-refractivity contribution in [1.29, 1.82) is 0 Å². The van der Waals surface area contributed by atoms with Crippen LogP contribution >= 0.6 is 0 Å². The van der Waals surface area contributed by atoms with Crippen LogP contribution in [-0.2, 0) is 19.0 Å². The van der Waals surface area contributed by atoms with Crippen LogP contribution in [0, 0.1) is 6.92 Å². The summed E-state index contributed by atoms with van der Waals surface area (Å²) in [4.78, 5) is 0.165. The highest BCUT2D eigenvalue weighted by Crippen LogP contribution is 2.16. The maximum absolute atomic E-state index is 11.9. The summed E-state index contributed by atoms with van der Waals surface area (Å²) in [6.07, 6.45) is -0.804. The van der Waals surface area contributed by atoms with E-state index < -0.39 is 16.2 Å². The van der Waals surface area contributed by atoms with Gasteiger partial charge in [0.05, 0.1) is 11.0 Å². The summed E-state index contributed by atoms with van der Waals surface area (Å²) in [6.45, 7) is 5.32. The predicted molar refractivity (Wildman–Crippen MR) is 65.4 cm³/mol. The maximum atomic E-state index is 11.9. The van der Waals surface area contributed by atoms with Gasteiger partial charge in [0, 0.05) is 7.11 Å². The molecule has 1 rings (SSSR count). The van der Waals surface area contributed by atoms with Gasteiger partial charge in [-0.2, -0.15) is 8.42 Å². The molecule has 2 unspecified atom stereocenters. The van der Waals surface area contributed by atoms with Gasteiger partial charge in [-0.3, -0.25) is 4.18 Å². The van der Waals surface area contributed by atoms with Crippen molar-refractivity contribution in [1.82, 2.24) is 0 Å². The van der Waals surface area contributed by atoms with Crippen LogP contribution in [0.25, 0.3) is 0 Å². The second-order valence-electron chi connectivity index (χ2n) is 4.01. The lowest BCUT2D eigenvalue weighted by Crippen LogP contribution is -2.27. The summed E-state index contributed by atoms with van der Waals surface area (Å²) >= 11 is 0. The fourth-order valence-electron chi connectivity index (χ4n) is 1.23. The van der Waals surface area contributed by atoms with Crippen molar-refractivity contribution in [2.45, 2.75) is 37.9 Å². The van der Waals surface area contributed by atoms with Crippen LogP contribution in [0.3, 0.4) is 0 Å². The summed E-state index contributed by atoms with van der Waals surface area (Å²) in [7, 11) is -2.19. The SMILES string of the molecule is COC(C)C(C)OS(=O)(=O)c1ccc(C)cc1. The van der Waals surface area contributed by atoms with E-state index in [9.17, 15) is 8.42 Å². The minimum absolute atomic E-state index is 0.165. The Morgan fingerprint density at radius 1 is 1.06 bits per heavy atom. The molecule has 0 fully saturated rings. The minimum Gasteiger partial charge on any atom is -0.379 e. The summed E-state index contributed by atoms with van der Waals surface area (Å²) in [6, 6.07) is 6.55. The topological polar surface area (TPSA) is 52.6 Å². The third-order valence-electron chi connectivity index (χ3n) is 2.62. The second kappa shape index (κ2) is 5.62. The van der Waals surface area contributed by atoms with E-state index in [-0.39, 0.29) is 11.0 Å². The lowest BCUT2D eigenvalue weighted by atomic mass is 10.2. The van der Waals surface area contributed by atoms with Crippen LogP contribution in [0.2, 0.25) is 0 Å². The molecular formula is C12H18O4S. The van der Waals surface area contributed by atoms with Crippen LogP contribution in [-0.4, -0.2) is 27.7 Å². The molecule has 1 aromatic carbocycles. The minimum atomic E-state index is -3.71. The highest BCUT2D eigenvalue weighted by atomic mass is 32.2. The van der Waals surface area contributed by atoms with E-state index in [0.29, 0.717) is 0 Å². The zero-order valence-corrected chi connectivity index (χ0v) is 11.3. The van der Waals surface area contributed by atoms with E-state index in [0.717, 1.165) is 5.56 Å². The number of aryl methyl sites for hydroxylation is 1. The number of ether oxygens (including phenoxy) is 1. The first kappa shape index (κ1) is 14.2. The van der Waals surface area contributed by atoms with Gasteiger partial charge in [0.2, 0.25) is 0 Å². The first-order valence-corrected chi connectivity index (χ1v) is 6.80. The van der Waals surface area contributed by atoms with Gasteiger partial charge in [-0.25, -0.2) is 0 Å². The molecule has 0 spiro atoms. The van der Waals surface area contributed by atoms with Crippen molar-refractivity contribution in [3.05, 3.63) is 29.8 Å². The van der Waals surface area contributed by atoms with Gasteiger partial charge in [-0.05, 0) is 32.9 Å². The number of rotatable bonds is 5. The molecule has 0 heterocycles. The van der Waals surface area contributed by atoms with Crippen LogP contribution in [0.5, 0.6) is 0 Å². The van der Waals surface area contributed by atoms with Crippen molar-refractivity contribution >= 4 is 10.1 Å². The summed E-state index contributed by atoms with van der Waals surface area (Å²) in [5.41, 5.74) is 1.00. The molecular weight excluding hydrogens is 240 g/mol. The Kier molecular flexibility index (Phi) is 4.68. The first-order chi connectivity index (χ1) is 7.86. The maximum Gasteiger partial charge on any atom is 0.297 e. The summed E-state index contributed by atoms with van der Waals surface area (Å²) in [5, 5.41) is 0. The molecule has 0 aliphatic rings. The summed E-state index contributed by atoms with van der Waals surface area (Å²) < 4.78 is 33.9. The molecule has 2 atom stereocenters. The molecule has 0 amide bonds. The van der Waals surface area contributed by atoms with Gasteiger partial charge < -0.3 is 4.74 Å². The molecule has 17 heavy (non-hydrogen) atoms. The highest BCUT2D eigenvalue weighted by molar-refractivity contribution is 7.86. The van der Waals surface area contributed by atoms with Crippen molar-refractivity contribution in [2.24, 2.45) is 0 Å². The number of methoxy groups -OCH3 is 1. The normalized spacial score (nSPS) is 15.5. The predicted octanol–water partition coefficient (Wildman–Crippen LogP) is 2.12. The van der Waals surface area contributed by atoms with Crippen LogP contribution in [0.4, 0.5) is 0 Å². The Hall–Kier alpha value is -0.910. The van der Waals surface area contributed by atoms with Crippen molar-refractivity contribution in [3.8, 4) is 0 Å². The van der Waals surface area contributed by atoms with E-state index in [1.165, 1.54) is 19.2 Å². The summed E-state index contributed by atoms with van der Waals surface area (Å²) in [5.74, 6) is 0. The molecule has 96 valence electrons. The Bertz CT molecular complexity index is 450. The fourth-order valence-corrected chi connectivity index (χ4v) is 2.37. The Morgan fingerprint density at radius 3 is 2.06 bits per heavy atom. The number of benzene rings is 1. The van der Waals surface area contributed by atoms with Gasteiger partial charge in [0.15, 0.2) is 0 Å². The van der Waals surface area contributed by atoms with E-state index in [4.69, 9.17) is 8.92 Å². The first-order valence-electron chi connectivity index (χ1n) is 5.39. The molecule has 1 aromatic rings. The van der Waals surface area contributed by atoms with Crippen molar-refractivity contribution in [2.75, 3.05) is 7.11 Å². The smallest absolute Gasteiger partial charge is 0.297 e. The van der Waals surface area contributed by atoms with Gasteiger partial charge in [0.25, 0.3) is 10.1 Å². The van der Waals surface area contributed by atoms with Gasteiger partial charge in [0.1, 0.15) is 6.10 Å². The average molecular weight is 258 g/mol. The number of hydrogen-bond donors (Lipinski definition) is 0. The van der Waals surface area contributed by atoms with Crippen LogP contribution < -0.4 is 0 Å². The van der Waals surface area contributed by atoms with Crippen molar-refractivity contribution < 1.29 is 17.3 Å². The molecule has 0 aliphatic heterocycles. The molecule has 5 heteroatoms. The Morgan fingerprint density at radius 2 is 1.59 bits per heavy atom. The monoisotopic (exact) mass is 258 g/mol. The third-order valence-corrected chi connectivity index (χ3v) is 4.03. The zero-order valence-electron chi connectivity index (χ0n) is 10.5. The molecule has 0 aromatic heterocycles. The molecule has 0 N–H and O–H groups in total. The van der Waals surface area contributed by atoms with E-state index in [1.807, 2.05) is 6.92 Å². The van der Waals surface area contributed by atoms with Crippen molar-refractivity contribution in [3.63, 3.8) is 0 Å². The zero-order chi connectivity index (χ0) is 13.1. The van der Waals surface area contributed by atoms with E-state index >= 15 is 0 Å². The van der Waals surface area contributed by atoms with Gasteiger partial charge in [-0.1, -0.05) is 17.7 Å². The number of hydrogen-bond acceptors (Lipinski definition) is 4. The molecule has 0 saturated carbocycles. The Balaban J connectivity index is 2.85. The molecule has 0 bridgehead atoms. The Labute approximate surface area is 103 Å². The van der Waals surface area contributed by atoms with Crippen LogP contribution in [0.1, 0.15) is 19.4 Å². The molecule has 0 saturated heterocycles. The fraction of sp³-hybridized carbons (Fsp3) is 0.500. The molecule has 4 nitrogen and oxygen atoms in total. The van der Waals surface area contributed by atoms with Crippen LogP contribution in [0.15, 0.2) is 29.2 Å². The largest absolute Gasteiger partial charge is 0.379 e. The second-order valence-corrected chi connectivity index (χ2v) is 5.58. The quantitative estimate of drug-likeness (QED) is 0.759. The highest BCUT2D eigenvalue weighted by Gasteiger charge is 2.22. The van der Waals surface area contributed by atoms with Gasteiger partial charge in [-0.15, -0.1) is 0 Å². The molecule has 0 aliphatic carbocycles. The van der Waals surface area contributed by atoms with E-state index in [2.05, 4.69) is 0 Å². The standard InChI is InChI=1S/C12H18O4S/c1-9-5-7-12(8-6-9)17(13,14)16-11(3)10(2)15-4/h5-8,10-11H,1-4H3. The average Bonchev–Trinajstić information content (AvgIpc) is 2.27. The van der Waals surface area contributed by atoms with Gasteiger partial charge >= 0.3 is 0 Å². The lowest BCUT2D eigenvalue weighted by Gasteiger charge is -2.18. The molecule has 0 radical (unpaired) electrons. The third kappa shape index (κ3) is 3.80. The lowest BCUT2D eigenvalue weighted by molar-refractivity contribution is 0.0263.